The van der Waals surface area contributed by atoms with E-state index in [4.69, 9.17) is 21.7 Å². The minimum atomic E-state index is -0.296. The summed E-state index contributed by atoms with van der Waals surface area (Å²) in [7, 11) is 0. The zero-order valence-electron chi connectivity index (χ0n) is 17.6. The van der Waals surface area contributed by atoms with E-state index in [9.17, 15) is 4.79 Å². The zero-order chi connectivity index (χ0) is 22.1. The van der Waals surface area contributed by atoms with Crippen LogP contribution in [0.15, 0.2) is 78.9 Å². The van der Waals surface area contributed by atoms with E-state index in [1.165, 1.54) is 0 Å². The van der Waals surface area contributed by atoms with Crippen molar-refractivity contribution in [2.75, 3.05) is 11.9 Å². The lowest BCUT2D eigenvalue weighted by Gasteiger charge is -2.12. The normalized spacial score (nSPS) is 10.4. The predicted octanol–water partition coefficient (Wildman–Crippen LogP) is 6.03. The molecule has 0 aromatic heterocycles. The molecule has 3 aromatic rings. The quantitative estimate of drug-likeness (QED) is 0.424. The van der Waals surface area contributed by atoms with Gasteiger partial charge in [0.25, 0.3) is 5.91 Å². The summed E-state index contributed by atoms with van der Waals surface area (Å²) in [6, 6.07) is 24.0. The number of carbonyl (C=O) groups excluding carboxylic acids is 1. The van der Waals surface area contributed by atoms with Gasteiger partial charge in [-0.25, -0.2) is 0 Å². The molecule has 1 amide bonds. The number of carbonyl (C=O) groups is 1. The number of thiocarbonyl (C=S) groups is 1. The van der Waals surface area contributed by atoms with Crippen LogP contribution >= 0.6 is 12.2 Å². The molecule has 0 aliphatic heterocycles. The van der Waals surface area contributed by atoms with E-state index in [-0.39, 0.29) is 11.0 Å². The van der Waals surface area contributed by atoms with E-state index in [1.54, 1.807) is 18.2 Å². The molecule has 0 saturated heterocycles. The van der Waals surface area contributed by atoms with Gasteiger partial charge in [-0.3, -0.25) is 10.1 Å². The molecule has 0 fully saturated rings. The smallest absolute Gasteiger partial charge is 0.257 e. The van der Waals surface area contributed by atoms with Crippen molar-refractivity contribution in [1.29, 1.82) is 0 Å². The van der Waals surface area contributed by atoms with Gasteiger partial charge in [0.2, 0.25) is 0 Å². The van der Waals surface area contributed by atoms with Crippen molar-refractivity contribution in [2.24, 2.45) is 5.92 Å². The van der Waals surface area contributed by atoms with Crippen molar-refractivity contribution in [3.63, 3.8) is 0 Å². The van der Waals surface area contributed by atoms with Gasteiger partial charge < -0.3 is 14.8 Å². The minimum absolute atomic E-state index is 0.216. The molecule has 3 aromatic carbocycles. The highest BCUT2D eigenvalue weighted by atomic mass is 32.1. The number of nitrogens with one attached hydrogen (secondary N) is 2. The highest BCUT2D eigenvalue weighted by Gasteiger charge is 2.09. The first-order chi connectivity index (χ1) is 15.0. The van der Waals surface area contributed by atoms with Crippen LogP contribution in [0.3, 0.4) is 0 Å². The van der Waals surface area contributed by atoms with E-state index in [0.29, 0.717) is 29.6 Å². The van der Waals surface area contributed by atoms with Gasteiger partial charge in [-0.1, -0.05) is 38.1 Å². The third kappa shape index (κ3) is 7.42. The summed E-state index contributed by atoms with van der Waals surface area (Å²) in [5.74, 6) is 2.41. The Bertz CT molecular complexity index is 1000. The molecule has 0 radical (unpaired) electrons. The van der Waals surface area contributed by atoms with Crippen molar-refractivity contribution < 1.29 is 14.3 Å². The topological polar surface area (TPSA) is 59.6 Å². The maximum absolute atomic E-state index is 12.5. The number of benzene rings is 3. The molecule has 0 atom stereocenters. The van der Waals surface area contributed by atoms with Crippen LogP contribution in [0.2, 0.25) is 0 Å². The SMILES string of the molecule is CC(C)CCOc1cccc(C(=O)NC(=S)Nc2ccc(Oc3ccccc3)cc2)c1. The first-order valence-corrected chi connectivity index (χ1v) is 10.6. The summed E-state index contributed by atoms with van der Waals surface area (Å²) >= 11 is 5.28. The van der Waals surface area contributed by atoms with Crippen molar-refractivity contribution in [3.8, 4) is 17.2 Å². The van der Waals surface area contributed by atoms with Gasteiger partial charge in [0.1, 0.15) is 17.2 Å². The molecule has 5 nitrogen and oxygen atoms in total. The Morgan fingerprint density at radius 1 is 0.903 bits per heavy atom. The maximum Gasteiger partial charge on any atom is 0.257 e. The van der Waals surface area contributed by atoms with Gasteiger partial charge in [-0.05, 0) is 79.2 Å². The van der Waals surface area contributed by atoms with E-state index in [0.717, 1.165) is 17.9 Å². The summed E-state index contributed by atoms with van der Waals surface area (Å²) in [6.07, 6.45) is 0.958. The Kier molecular flexibility index (Phi) is 8.01. The molecule has 6 heteroatoms. The molecular weight excluding hydrogens is 408 g/mol. The molecule has 0 aliphatic rings. The Morgan fingerprint density at radius 2 is 1.58 bits per heavy atom. The van der Waals surface area contributed by atoms with Gasteiger partial charge in [-0.2, -0.15) is 0 Å². The number of rotatable bonds is 8. The fraction of sp³-hybridized carbons (Fsp3) is 0.200. The van der Waals surface area contributed by atoms with Crippen molar-refractivity contribution in [3.05, 3.63) is 84.4 Å². The van der Waals surface area contributed by atoms with Crippen LogP contribution < -0.4 is 20.1 Å². The number of para-hydroxylation sites is 1. The van der Waals surface area contributed by atoms with Crippen LogP contribution in [0.4, 0.5) is 5.69 Å². The molecule has 0 bridgehead atoms. The summed E-state index contributed by atoms with van der Waals surface area (Å²) in [5, 5.41) is 5.92. The third-order valence-electron chi connectivity index (χ3n) is 4.38. The van der Waals surface area contributed by atoms with Crippen LogP contribution in [0.1, 0.15) is 30.6 Å². The molecule has 31 heavy (non-hydrogen) atoms. The average molecular weight is 435 g/mol. The van der Waals surface area contributed by atoms with Gasteiger partial charge >= 0.3 is 0 Å². The molecule has 2 N–H and O–H groups in total. The fourth-order valence-electron chi connectivity index (χ4n) is 2.71. The molecule has 160 valence electrons. The van der Waals surface area contributed by atoms with Crippen molar-refractivity contribution >= 4 is 28.9 Å². The van der Waals surface area contributed by atoms with Crippen LogP contribution in [0.5, 0.6) is 17.2 Å². The Labute approximate surface area is 188 Å². The summed E-state index contributed by atoms with van der Waals surface area (Å²) in [5.41, 5.74) is 1.23. The minimum Gasteiger partial charge on any atom is -0.494 e. The summed E-state index contributed by atoms with van der Waals surface area (Å²) in [6.45, 7) is 4.91. The Balaban J connectivity index is 1.51. The lowest BCUT2D eigenvalue weighted by atomic mass is 10.1. The first-order valence-electron chi connectivity index (χ1n) is 10.2. The third-order valence-corrected chi connectivity index (χ3v) is 4.58. The lowest BCUT2D eigenvalue weighted by molar-refractivity contribution is 0.0977. The standard InChI is InChI=1S/C25H26N2O3S/c1-18(2)15-16-29-23-10-6-7-19(17-23)24(28)27-25(31)26-20-11-13-22(14-12-20)30-21-8-4-3-5-9-21/h3-14,17-18H,15-16H2,1-2H3,(H2,26,27,28,31). The molecule has 0 aliphatic carbocycles. The Morgan fingerprint density at radius 3 is 2.29 bits per heavy atom. The molecule has 0 unspecified atom stereocenters. The van der Waals surface area contributed by atoms with Crippen LogP contribution in [0, 0.1) is 5.92 Å². The fourth-order valence-corrected chi connectivity index (χ4v) is 2.92. The Hall–Kier alpha value is -3.38. The predicted molar refractivity (Wildman–Crippen MR) is 128 cm³/mol. The zero-order valence-corrected chi connectivity index (χ0v) is 18.4. The second-order valence-corrected chi connectivity index (χ2v) is 7.81. The largest absolute Gasteiger partial charge is 0.494 e. The van der Waals surface area contributed by atoms with E-state index in [1.807, 2.05) is 60.7 Å². The van der Waals surface area contributed by atoms with E-state index >= 15 is 0 Å². The highest BCUT2D eigenvalue weighted by Crippen LogP contribution is 2.22. The van der Waals surface area contributed by atoms with Crippen molar-refractivity contribution in [2.45, 2.75) is 20.3 Å². The second kappa shape index (κ2) is 11.1. The van der Waals surface area contributed by atoms with Crippen LogP contribution in [0.25, 0.3) is 0 Å². The molecule has 3 rings (SSSR count). The van der Waals surface area contributed by atoms with Crippen LogP contribution in [-0.2, 0) is 0 Å². The van der Waals surface area contributed by atoms with Gasteiger partial charge in [-0.15, -0.1) is 0 Å². The number of amides is 1. The lowest BCUT2D eigenvalue weighted by Crippen LogP contribution is -2.34. The monoisotopic (exact) mass is 434 g/mol. The molecule has 0 spiro atoms. The number of anilines is 1. The van der Waals surface area contributed by atoms with Crippen LogP contribution in [-0.4, -0.2) is 17.6 Å². The van der Waals surface area contributed by atoms with Gasteiger partial charge in [0.15, 0.2) is 5.11 Å². The van der Waals surface area contributed by atoms with E-state index < -0.39 is 0 Å². The number of hydrogen-bond acceptors (Lipinski definition) is 4. The second-order valence-electron chi connectivity index (χ2n) is 7.41. The number of hydrogen-bond donors (Lipinski definition) is 2. The average Bonchev–Trinajstić information content (AvgIpc) is 2.76. The highest BCUT2D eigenvalue weighted by molar-refractivity contribution is 7.80. The van der Waals surface area contributed by atoms with E-state index in [2.05, 4.69) is 24.5 Å². The van der Waals surface area contributed by atoms with Crippen molar-refractivity contribution in [1.82, 2.24) is 5.32 Å². The first kappa shape index (κ1) is 22.3. The van der Waals surface area contributed by atoms with Gasteiger partial charge in [0, 0.05) is 11.3 Å². The summed E-state index contributed by atoms with van der Waals surface area (Å²) in [4.78, 5) is 12.5. The molecule has 0 heterocycles. The molecule has 0 saturated carbocycles. The molecular formula is C25H26N2O3S. The number of ether oxygens (including phenoxy) is 2. The summed E-state index contributed by atoms with van der Waals surface area (Å²) < 4.78 is 11.5. The van der Waals surface area contributed by atoms with Gasteiger partial charge in [0.05, 0.1) is 6.61 Å². The maximum atomic E-state index is 12.5.